The number of rotatable bonds is 10. The van der Waals surface area contributed by atoms with Crippen LogP contribution < -0.4 is 5.32 Å². The van der Waals surface area contributed by atoms with E-state index in [0.717, 1.165) is 16.8 Å². The average Bonchev–Trinajstić information content (AvgIpc) is 3.32. The van der Waals surface area contributed by atoms with Crippen LogP contribution in [0.4, 0.5) is 0 Å². The molecule has 1 amide bonds. The van der Waals surface area contributed by atoms with Crippen molar-refractivity contribution in [1.82, 2.24) is 20.2 Å². The van der Waals surface area contributed by atoms with Gasteiger partial charge in [-0.25, -0.2) is 4.98 Å². The minimum absolute atomic E-state index is 0.247. The Bertz CT molecular complexity index is 1220. The smallest absolute Gasteiger partial charge is 0.273 e. The topological polar surface area (TPSA) is 71.3 Å². The van der Waals surface area contributed by atoms with Crippen LogP contribution >= 0.6 is 23.2 Å². The summed E-state index contributed by atoms with van der Waals surface area (Å²) in [5.74, 6) is 0.169. The molecule has 0 spiro atoms. The van der Waals surface area contributed by atoms with Crippen molar-refractivity contribution >= 4 is 29.1 Å². The van der Waals surface area contributed by atoms with Gasteiger partial charge < -0.3 is 9.73 Å². The molecule has 4 rings (SSSR count). The highest BCUT2D eigenvalue weighted by Gasteiger charge is 2.17. The number of nitrogens with one attached hydrogen (secondary N) is 1. The lowest BCUT2D eigenvalue weighted by Gasteiger charge is -2.22. The maximum Gasteiger partial charge on any atom is 0.273 e. The molecule has 2 aromatic carbocycles. The van der Waals surface area contributed by atoms with Crippen molar-refractivity contribution in [2.75, 3.05) is 6.54 Å². The van der Waals surface area contributed by atoms with Crippen molar-refractivity contribution in [2.45, 2.75) is 26.1 Å². The molecule has 34 heavy (non-hydrogen) atoms. The third-order valence-electron chi connectivity index (χ3n) is 5.21. The second-order valence-corrected chi connectivity index (χ2v) is 8.58. The largest absolute Gasteiger partial charge is 0.447 e. The van der Waals surface area contributed by atoms with Gasteiger partial charge in [0.1, 0.15) is 6.26 Å². The van der Waals surface area contributed by atoms with Crippen LogP contribution in [0.15, 0.2) is 83.6 Å². The Kier molecular flexibility index (Phi) is 8.31. The van der Waals surface area contributed by atoms with Gasteiger partial charge in [0.15, 0.2) is 5.69 Å². The summed E-state index contributed by atoms with van der Waals surface area (Å²) in [4.78, 5) is 23.3. The Morgan fingerprint density at radius 2 is 1.76 bits per heavy atom. The molecule has 2 aromatic heterocycles. The van der Waals surface area contributed by atoms with Crippen LogP contribution in [0, 0.1) is 0 Å². The predicted molar refractivity (Wildman–Crippen MR) is 133 cm³/mol. The standard InChI is InChI=1S/C26H24Cl2N4O2/c27-22-11-6-9-20(25(22)28)16-32(15-19-7-2-1-3-8-19)17-24-31-23(18-34-24)26(33)30-14-12-21-10-4-5-13-29-21/h1-11,13,18H,12,14-17H2,(H,30,33). The van der Waals surface area contributed by atoms with E-state index in [-0.39, 0.29) is 11.6 Å². The molecule has 0 bridgehead atoms. The Hall–Kier alpha value is -3.19. The Balaban J connectivity index is 1.41. The molecule has 0 aliphatic heterocycles. The number of carbonyl (C=O) groups is 1. The second kappa shape index (κ2) is 11.8. The number of pyridine rings is 1. The monoisotopic (exact) mass is 494 g/mol. The third-order valence-corrected chi connectivity index (χ3v) is 6.07. The number of nitrogens with zero attached hydrogens (tertiary/aromatic N) is 3. The van der Waals surface area contributed by atoms with E-state index in [0.29, 0.717) is 48.5 Å². The molecule has 0 saturated heterocycles. The lowest BCUT2D eigenvalue weighted by molar-refractivity contribution is 0.0949. The predicted octanol–water partition coefficient (Wildman–Crippen LogP) is 5.55. The second-order valence-electron chi connectivity index (χ2n) is 7.80. The van der Waals surface area contributed by atoms with Crippen molar-refractivity contribution in [3.63, 3.8) is 0 Å². The number of amides is 1. The first-order chi connectivity index (χ1) is 16.6. The lowest BCUT2D eigenvalue weighted by Crippen LogP contribution is -2.26. The number of hydrogen-bond acceptors (Lipinski definition) is 5. The molecule has 0 fully saturated rings. The van der Waals surface area contributed by atoms with Crippen LogP contribution in [0.3, 0.4) is 0 Å². The SMILES string of the molecule is O=C(NCCc1ccccn1)c1coc(CN(Cc2ccccc2)Cc2cccc(Cl)c2Cl)n1. The van der Waals surface area contributed by atoms with Gasteiger partial charge in [-0.05, 0) is 29.3 Å². The quantitative estimate of drug-likeness (QED) is 0.312. The van der Waals surface area contributed by atoms with Crippen molar-refractivity contribution in [3.05, 3.63) is 118 Å². The summed E-state index contributed by atoms with van der Waals surface area (Å²) >= 11 is 12.6. The maximum atomic E-state index is 12.5. The molecule has 0 atom stereocenters. The highest BCUT2D eigenvalue weighted by Crippen LogP contribution is 2.27. The van der Waals surface area contributed by atoms with Gasteiger partial charge in [-0.2, -0.15) is 0 Å². The first-order valence-electron chi connectivity index (χ1n) is 10.9. The van der Waals surface area contributed by atoms with Crippen LogP contribution in [0.25, 0.3) is 0 Å². The van der Waals surface area contributed by atoms with Crippen LogP contribution in [0.5, 0.6) is 0 Å². The van der Waals surface area contributed by atoms with E-state index in [4.69, 9.17) is 27.6 Å². The fourth-order valence-electron chi connectivity index (χ4n) is 3.54. The van der Waals surface area contributed by atoms with Crippen LogP contribution in [-0.2, 0) is 26.1 Å². The van der Waals surface area contributed by atoms with Crippen LogP contribution in [0.1, 0.15) is 33.2 Å². The Morgan fingerprint density at radius 1 is 0.941 bits per heavy atom. The fraction of sp³-hybridized carbons (Fsp3) is 0.192. The van der Waals surface area contributed by atoms with Gasteiger partial charge in [-0.1, -0.05) is 71.7 Å². The van der Waals surface area contributed by atoms with Gasteiger partial charge in [-0.3, -0.25) is 14.7 Å². The summed E-state index contributed by atoms with van der Waals surface area (Å²) in [6, 6.07) is 21.4. The van der Waals surface area contributed by atoms with E-state index in [1.807, 2.05) is 48.5 Å². The summed E-state index contributed by atoms with van der Waals surface area (Å²) in [5.41, 5.74) is 3.21. The van der Waals surface area contributed by atoms with Gasteiger partial charge >= 0.3 is 0 Å². The number of carbonyl (C=O) groups excluding carboxylic acids is 1. The van der Waals surface area contributed by atoms with E-state index < -0.39 is 0 Å². The van der Waals surface area contributed by atoms with Crippen LogP contribution in [0.2, 0.25) is 10.0 Å². The van der Waals surface area contributed by atoms with Gasteiger partial charge in [-0.15, -0.1) is 0 Å². The molecule has 2 heterocycles. The van der Waals surface area contributed by atoms with E-state index >= 15 is 0 Å². The molecule has 0 unspecified atom stereocenters. The molecule has 0 saturated carbocycles. The maximum absolute atomic E-state index is 12.5. The number of benzene rings is 2. The molecular weight excluding hydrogens is 471 g/mol. The summed E-state index contributed by atoms with van der Waals surface area (Å²) in [7, 11) is 0. The minimum atomic E-state index is -0.279. The lowest BCUT2D eigenvalue weighted by atomic mass is 10.1. The Labute approximate surface area is 208 Å². The number of aromatic nitrogens is 2. The molecule has 8 heteroatoms. The van der Waals surface area contributed by atoms with Crippen molar-refractivity contribution in [3.8, 4) is 0 Å². The molecule has 1 N–H and O–H groups in total. The summed E-state index contributed by atoms with van der Waals surface area (Å²) in [6.45, 7) is 2.06. The molecule has 4 aromatic rings. The molecule has 174 valence electrons. The molecule has 0 aliphatic rings. The average molecular weight is 495 g/mol. The highest BCUT2D eigenvalue weighted by molar-refractivity contribution is 6.42. The van der Waals surface area contributed by atoms with Gasteiger partial charge in [0.25, 0.3) is 5.91 Å². The van der Waals surface area contributed by atoms with Gasteiger partial charge in [0.05, 0.1) is 16.6 Å². The molecule has 0 radical (unpaired) electrons. The zero-order valence-corrected chi connectivity index (χ0v) is 20.0. The van der Waals surface area contributed by atoms with Crippen molar-refractivity contribution in [2.24, 2.45) is 0 Å². The van der Waals surface area contributed by atoms with E-state index in [2.05, 4.69) is 32.3 Å². The number of oxazole rings is 1. The third kappa shape index (κ3) is 6.67. The van der Waals surface area contributed by atoms with Crippen LogP contribution in [-0.4, -0.2) is 27.3 Å². The fourth-order valence-corrected chi connectivity index (χ4v) is 3.92. The first kappa shape index (κ1) is 24.0. The summed E-state index contributed by atoms with van der Waals surface area (Å²) in [5, 5.41) is 3.90. The minimum Gasteiger partial charge on any atom is -0.447 e. The zero-order valence-electron chi connectivity index (χ0n) is 18.5. The molecular formula is C26H24Cl2N4O2. The number of halogens is 2. The molecule has 6 nitrogen and oxygen atoms in total. The normalized spacial score (nSPS) is 11.0. The van der Waals surface area contributed by atoms with Gasteiger partial charge in [0.2, 0.25) is 5.89 Å². The summed E-state index contributed by atoms with van der Waals surface area (Å²) < 4.78 is 5.63. The van der Waals surface area contributed by atoms with Gasteiger partial charge in [0, 0.05) is 37.9 Å². The van der Waals surface area contributed by atoms with Crippen molar-refractivity contribution in [1.29, 1.82) is 0 Å². The zero-order chi connectivity index (χ0) is 23.8. The molecule has 0 aliphatic carbocycles. The Morgan fingerprint density at radius 3 is 2.56 bits per heavy atom. The van der Waals surface area contributed by atoms with Crippen molar-refractivity contribution < 1.29 is 9.21 Å². The van der Waals surface area contributed by atoms with E-state index in [1.54, 1.807) is 12.3 Å². The van der Waals surface area contributed by atoms with E-state index in [1.165, 1.54) is 6.26 Å². The first-order valence-corrected chi connectivity index (χ1v) is 11.7. The van der Waals surface area contributed by atoms with E-state index in [9.17, 15) is 4.79 Å². The number of hydrogen-bond donors (Lipinski definition) is 1. The summed E-state index contributed by atoms with van der Waals surface area (Å²) in [6.07, 6.45) is 3.76. The highest BCUT2D eigenvalue weighted by atomic mass is 35.5.